The molecule has 1 fully saturated rings. The van der Waals surface area contributed by atoms with Crippen LogP contribution in [0.5, 0.6) is 0 Å². The van der Waals surface area contributed by atoms with Crippen LogP contribution >= 0.6 is 0 Å². The number of fused-ring (bicyclic) bond motifs is 3. The van der Waals surface area contributed by atoms with Crippen molar-refractivity contribution in [1.82, 2.24) is 0 Å². The normalized spacial score (nSPS) is 27.4. The summed E-state index contributed by atoms with van der Waals surface area (Å²) in [5.74, 6) is 0.0301. The third-order valence-corrected chi connectivity index (χ3v) is 5.95. The Morgan fingerprint density at radius 3 is 2.52 bits per heavy atom. The maximum absolute atomic E-state index is 13.4. The lowest BCUT2D eigenvalue weighted by molar-refractivity contribution is -0.110. The molecule has 2 N–H and O–H groups in total. The summed E-state index contributed by atoms with van der Waals surface area (Å²) in [5, 5.41) is 13.3. The molecule has 0 bridgehead atoms. The van der Waals surface area contributed by atoms with E-state index in [1.165, 1.54) is 23.3 Å². The molecular formula is C23H28FNO2. The average molecular weight is 369 g/mol. The molecule has 0 aliphatic carbocycles. The van der Waals surface area contributed by atoms with Gasteiger partial charge in [-0.15, -0.1) is 0 Å². The standard InChI is InChI=1S/C23H28FNO2/c1-23(2,3)15-6-11-20-19(12-15)22-18(10-9-17(13-26)27-22)21(25-20)14-4-7-16(24)8-5-14/h4-8,11-12,17-18,21-22,25-26H,9-10,13H2,1-3H3/t17-,18+,21+,22+/m0/s1. The highest BCUT2D eigenvalue weighted by Gasteiger charge is 2.42. The van der Waals surface area contributed by atoms with Gasteiger partial charge in [-0.3, -0.25) is 0 Å². The number of benzene rings is 2. The van der Waals surface area contributed by atoms with E-state index >= 15 is 0 Å². The Morgan fingerprint density at radius 1 is 1.11 bits per heavy atom. The summed E-state index contributed by atoms with van der Waals surface area (Å²) in [5.41, 5.74) is 4.64. The highest BCUT2D eigenvalue weighted by atomic mass is 19.1. The van der Waals surface area contributed by atoms with Gasteiger partial charge in [-0.2, -0.15) is 0 Å². The van der Waals surface area contributed by atoms with Gasteiger partial charge in [0.05, 0.1) is 24.9 Å². The number of ether oxygens (including phenoxy) is 1. The zero-order valence-electron chi connectivity index (χ0n) is 16.2. The Hall–Kier alpha value is -1.91. The summed E-state index contributed by atoms with van der Waals surface area (Å²) in [6.45, 7) is 6.68. The molecule has 2 aliphatic heterocycles. The van der Waals surface area contributed by atoms with Crippen molar-refractivity contribution in [2.24, 2.45) is 5.92 Å². The first kappa shape index (κ1) is 18.5. The summed E-state index contributed by atoms with van der Waals surface area (Å²) in [4.78, 5) is 0. The molecule has 2 aromatic rings. The lowest BCUT2D eigenvalue weighted by atomic mass is 9.75. The van der Waals surface area contributed by atoms with Gasteiger partial charge in [-0.25, -0.2) is 4.39 Å². The third-order valence-electron chi connectivity index (χ3n) is 5.95. The quantitative estimate of drug-likeness (QED) is 0.772. The van der Waals surface area contributed by atoms with Gasteiger partial charge >= 0.3 is 0 Å². The van der Waals surface area contributed by atoms with Gasteiger partial charge in [0.2, 0.25) is 0 Å². The second-order valence-corrected chi connectivity index (χ2v) is 8.83. The topological polar surface area (TPSA) is 41.5 Å². The van der Waals surface area contributed by atoms with E-state index in [0.29, 0.717) is 0 Å². The molecule has 2 heterocycles. The zero-order valence-corrected chi connectivity index (χ0v) is 16.2. The van der Waals surface area contributed by atoms with Crippen LogP contribution < -0.4 is 5.32 Å². The number of hydrogen-bond acceptors (Lipinski definition) is 3. The molecule has 0 amide bonds. The predicted molar refractivity (Wildman–Crippen MR) is 105 cm³/mol. The Kier molecular flexibility index (Phi) is 4.73. The average Bonchev–Trinajstić information content (AvgIpc) is 2.66. The van der Waals surface area contributed by atoms with Crippen LogP contribution in [0.15, 0.2) is 42.5 Å². The van der Waals surface area contributed by atoms with Gasteiger partial charge in [0.15, 0.2) is 0 Å². The molecule has 0 spiro atoms. The second-order valence-electron chi connectivity index (χ2n) is 8.83. The van der Waals surface area contributed by atoms with Crippen LogP contribution in [0.4, 0.5) is 10.1 Å². The monoisotopic (exact) mass is 369 g/mol. The van der Waals surface area contributed by atoms with Crippen LogP contribution in [0, 0.1) is 11.7 Å². The highest BCUT2D eigenvalue weighted by Crippen LogP contribution is 2.50. The van der Waals surface area contributed by atoms with Crippen molar-refractivity contribution < 1.29 is 14.2 Å². The molecule has 4 atom stereocenters. The Labute approximate surface area is 160 Å². The van der Waals surface area contributed by atoms with Crippen molar-refractivity contribution in [3.05, 3.63) is 65.0 Å². The minimum Gasteiger partial charge on any atom is -0.394 e. The van der Waals surface area contributed by atoms with Crippen LogP contribution in [0.1, 0.15) is 62.4 Å². The Morgan fingerprint density at radius 2 is 1.85 bits per heavy atom. The van der Waals surface area contributed by atoms with Gasteiger partial charge in [-0.1, -0.05) is 45.0 Å². The highest BCUT2D eigenvalue weighted by molar-refractivity contribution is 5.59. The lowest BCUT2D eigenvalue weighted by Crippen LogP contribution is -2.40. The van der Waals surface area contributed by atoms with Crippen molar-refractivity contribution in [2.75, 3.05) is 11.9 Å². The number of nitrogens with one attached hydrogen (secondary N) is 1. The fourth-order valence-corrected chi connectivity index (χ4v) is 4.36. The second kappa shape index (κ2) is 6.92. The SMILES string of the molecule is CC(C)(C)c1ccc2c(c1)[C@@H]1O[C@H](CO)CC[C@@H]1[C@@H](c1ccc(F)cc1)N2. The van der Waals surface area contributed by atoms with Gasteiger partial charge in [0.25, 0.3) is 0 Å². The molecule has 0 unspecified atom stereocenters. The van der Waals surface area contributed by atoms with Gasteiger partial charge in [0.1, 0.15) is 5.82 Å². The molecule has 0 aromatic heterocycles. The summed E-state index contributed by atoms with van der Waals surface area (Å²) in [7, 11) is 0. The van der Waals surface area contributed by atoms with Crippen molar-refractivity contribution in [2.45, 2.75) is 57.3 Å². The minimum atomic E-state index is -0.221. The number of anilines is 1. The van der Waals surface area contributed by atoms with Crippen LogP contribution in [-0.2, 0) is 10.2 Å². The van der Waals surface area contributed by atoms with Crippen molar-refractivity contribution in [1.29, 1.82) is 0 Å². The third kappa shape index (κ3) is 3.48. The maximum Gasteiger partial charge on any atom is 0.123 e. The van der Waals surface area contributed by atoms with Crippen molar-refractivity contribution in [3.63, 3.8) is 0 Å². The smallest absolute Gasteiger partial charge is 0.123 e. The predicted octanol–water partition coefficient (Wildman–Crippen LogP) is 5.12. The summed E-state index contributed by atoms with van der Waals surface area (Å²) < 4.78 is 19.8. The van der Waals surface area contributed by atoms with E-state index in [2.05, 4.69) is 44.3 Å². The molecule has 4 heteroatoms. The first-order valence-corrected chi connectivity index (χ1v) is 9.79. The fourth-order valence-electron chi connectivity index (χ4n) is 4.36. The molecule has 2 aliphatic rings. The van der Waals surface area contributed by atoms with Crippen molar-refractivity contribution >= 4 is 5.69 Å². The van der Waals surface area contributed by atoms with E-state index < -0.39 is 0 Å². The molecule has 0 radical (unpaired) electrons. The van der Waals surface area contributed by atoms with E-state index in [1.54, 1.807) is 0 Å². The molecule has 2 aromatic carbocycles. The molecular weight excluding hydrogens is 341 g/mol. The first-order chi connectivity index (χ1) is 12.9. The number of aliphatic hydroxyl groups is 1. The molecule has 144 valence electrons. The number of halogens is 1. The summed E-state index contributed by atoms with van der Waals surface area (Å²) in [6, 6.07) is 13.4. The van der Waals surface area contributed by atoms with Gasteiger partial charge in [-0.05, 0) is 47.6 Å². The van der Waals surface area contributed by atoms with Crippen LogP contribution in [0.25, 0.3) is 0 Å². The summed E-state index contributed by atoms with van der Waals surface area (Å²) >= 11 is 0. The van der Waals surface area contributed by atoms with E-state index in [-0.39, 0.29) is 42.0 Å². The number of rotatable bonds is 2. The van der Waals surface area contributed by atoms with E-state index in [4.69, 9.17) is 4.74 Å². The van der Waals surface area contributed by atoms with Crippen LogP contribution in [0.3, 0.4) is 0 Å². The van der Waals surface area contributed by atoms with Gasteiger partial charge < -0.3 is 15.2 Å². The molecule has 0 saturated carbocycles. The summed E-state index contributed by atoms with van der Waals surface area (Å²) in [6.07, 6.45) is 1.61. The van der Waals surface area contributed by atoms with Crippen molar-refractivity contribution in [3.8, 4) is 0 Å². The number of aliphatic hydroxyl groups excluding tert-OH is 1. The van der Waals surface area contributed by atoms with Crippen LogP contribution in [0.2, 0.25) is 0 Å². The molecule has 27 heavy (non-hydrogen) atoms. The van der Waals surface area contributed by atoms with E-state index in [1.807, 2.05) is 12.1 Å². The Bertz CT molecular complexity index is 812. The lowest BCUT2D eigenvalue weighted by Gasteiger charge is -2.45. The molecule has 3 nitrogen and oxygen atoms in total. The fraction of sp³-hybridized carbons (Fsp3) is 0.478. The number of hydrogen-bond donors (Lipinski definition) is 2. The largest absolute Gasteiger partial charge is 0.394 e. The molecule has 4 rings (SSSR count). The Balaban J connectivity index is 1.76. The maximum atomic E-state index is 13.4. The van der Waals surface area contributed by atoms with Gasteiger partial charge in [0, 0.05) is 17.2 Å². The van der Waals surface area contributed by atoms with Crippen LogP contribution in [-0.4, -0.2) is 17.8 Å². The zero-order chi connectivity index (χ0) is 19.2. The van der Waals surface area contributed by atoms with E-state index in [0.717, 1.165) is 24.1 Å². The van der Waals surface area contributed by atoms with E-state index in [9.17, 15) is 9.50 Å². The minimum absolute atomic E-state index is 0.0478. The molecule has 1 saturated heterocycles. The first-order valence-electron chi connectivity index (χ1n) is 9.79.